The second-order valence-corrected chi connectivity index (χ2v) is 5.39. The minimum Gasteiger partial charge on any atom is -0.443 e. The summed E-state index contributed by atoms with van der Waals surface area (Å²) in [5.74, 6) is -0.971. The summed E-state index contributed by atoms with van der Waals surface area (Å²) in [6.07, 6.45) is 4.26. The Morgan fingerprint density at radius 2 is 1.77 bits per heavy atom. The summed E-state index contributed by atoms with van der Waals surface area (Å²) in [6.45, 7) is 3.90. The molecule has 0 fully saturated rings. The fourth-order valence-electron chi connectivity index (χ4n) is 2.58. The SMILES string of the molecule is CCCCCC(=O)OC(C=O)(C=O)C(CC)c1ccccc1. The number of carbonyl (C=O) groups excluding carboxylic acids is 3. The van der Waals surface area contributed by atoms with Gasteiger partial charge in [0, 0.05) is 12.3 Å². The molecule has 0 bridgehead atoms. The van der Waals surface area contributed by atoms with Gasteiger partial charge in [-0.15, -0.1) is 0 Å². The third-order valence-electron chi connectivity index (χ3n) is 3.80. The van der Waals surface area contributed by atoms with Crippen molar-refractivity contribution in [2.24, 2.45) is 0 Å². The van der Waals surface area contributed by atoms with E-state index in [9.17, 15) is 14.4 Å². The number of aldehydes is 2. The molecule has 0 aliphatic carbocycles. The van der Waals surface area contributed by atoms with Crippen molar-refractivity contribution in [3.8, 4) is 0 Å². The fourth-order valence-corrected chi connectivity index (χ4v) is 2.58. The van der Waals surface area contributed by atoms with Gasteiger partial charge in [0.25, 0.3) is 0 Å². The number of esters is 1. The number of hydrogen-bond acceptors (Lipinski definition) is 4. The number of ether oxygens (including phenoxy) is 1. The lowest BCUT2D eigenvalue weighted by atomic mass is 9.81. The molecule has 1 aromatic carbocycles. The van der Waals surface area contributed by atoms with Crippen molar-refractivity contribution in [2.75, 3.05) is 0 Å². The first-order valence-corrected chi connectivity index (χ1v) is 7.83. The Morgan fingerprint density at radius 3 is 2.27 bits per heavy atom. The van der Waals surface area contributed by atoms with Crippen LogP contribution in [0.2, 0.25) is 0 Å². The summed E-state index contributed by atoms with van der Waals surface area (Å²) in [5, 5.41) is 0. The van der Waals surface area contributed by atoms with E-state index in [2.05, 4.69) is 0 Å². The van der Waals surface area contributed by atoms with E-state index in [0.717, 1.165) is 18.4 Å². The Hall–Kier alpha value is -1.97. The van der Waals surface area contributed by atoms with E-state index < -0.39 is 17.5 Å². The van der Waals surface area contributed by atoms with Crippen LogP contribution in [0.3, 0.4) is 0 Å². The predicted molar refractivity (Wildman–Crippen MR) is 84.6 cm³/mol. The molecule has 4 heteroatoms. The summed E-state index contributed by atoms with van der Waals surface area (Å²) in [4.78, 5) is 35.1. The second kappa shape index (κ2) is 9.13. The Bertz CT molecular complexity index is 473. The minimum atomic E-state index is -1.74. The average Bonchev–Trinajstić information content (AvgIpc) is 2.55. The normalized spacial score (nSPS) is 12.5. The van der Waals surface area contributed by atoms with Gasteiger partial charge in [0.15, 0.2) is 12.6 Å². The molecule has 0 saturated carbocycles. The first-order chi connectivity index (χ1) is 10.6. The van der Waals surface area contributed by atoms with Gasteiger partial charge in [-0.25, -0.2) is 0 Å². The molecule has 0 amide bonds. The van der Waals surface area contributed by atoms with Crippen molar-refractivity contribution in [1.29, 1.82) is 0 Å². The third-order valence-corrected chi connectivity index (χ3v) is 3.80. The van der Waals surface area contributed by atoms with Crippen molar-refractivity contribution in [3.63, 3.8) is 0 Å². The van der Waals surface area contributed by atoms with E-state index in [1.54, 1.807) is 0 Å². The highest BCUT2D eigenvalue weighted by molar-refractivity contribution is 5.92. The predicted octanol–water partition coefficient (Wildman–Crippen LogP) is 3.44. The first-order valence-electron chi connectivity index (χ1n) is 7.83. The molecule has 1 aromatic rings. The van der Waals surface area contributed by atoms with Crippen molar-refractivity contribution in [1.82, 2.24) is 0 Å². The highest BCUT2D eigenvalue weighted by atomic mass is 16.6. The van der Waals surface area contributed by atoms with Crippen LogP contribution in [0.25, 0.3) is 0 Å². The monoisotopic (exact) mass is 304 g/mol. The Kier molecular flexibility index (Phi) is 7.50. The number of carbonyl (C=O) groups is 3. The van der Waals surface area contributed by atoms with Crippen LogP contribution in [0.1, 0.15) is 57.4 Å². The van der Waals surface area contributed by atoms with Crippen LogP contribution in [0, 0.1) is 0 Å². The van der Waals surface area contributed by atoms with E-state index in [1.807, 2.05) is 44.2 Å². The molecule has 0 radical (unpaired) electrons. The van der Waals surface area contributed by atoms with Gasteiger partial charge in [-0.3, -0.25) is 14.4 Å². The fraction of sp³-hybridized carbons (Fsp3) is 0.500. The molecular weight excluding hydrogens is 280 g/mol. The summed E-state index contributed by atoms with van der Waals surface area (Å²) >= 11 is 0. The smallest absolute Gasteiger partial charge is 0.307 e. The van der Waals surface area contributed by atoms with Gasteiger partial charge in [-0.05, 0) is 18.4 Å². The van der Waals surface area contributed by atoms with Crippen LogP contribution in [-0.4, -0.2) is 24.1 Å². The Morgan fingerprint density at radius 1 is 1.14 bits per heavy atom. The van der Waals surface area contributed by atoms with Crippen LogP contribution >= 0.6 is 0 Å². The van der Waals surface area contributed by atoms with Gasteiger partial charge in [-0.2, -0.15) is 0 Å². The minimum absolute atomic E-state index is 0.225. The molecule has 1 atom stereocenters. The van der Waals surface area contributed by atoms with Crippen LogP contribution in [0.5, 0.6) is 0 Å². The number of rotatable bonds is 10. The molecule has 4 nitrogen and oxygen atoms in total. The third kappa shape index (κ3) is 4.52. The van der Waals surface area contributed by atoms with Gasteiger partial charge in [-0.1, -0.05) is 57.0 Å². The van der Waals surface area contributed by atoms with E-state index >= 15 is 0 Å². The van der Waals surface area contributed by atoms with E-state index in [-0.39, 0.29) is 6.42 Å². The topological polar surface area (TPSA) is 60.4 Å². The van der Waals surface area contributed by atoms with Gasteiger partial charge in [0.2, 0.25) is 5.60 Å². The molecule has 120 valence electrons. The zero-order valence-electron chi connectivity index (χ0n) is 13.3. The van der Waals surface area contributed by atoms with Crippen molar-refractivity contribution >= 4 is 18.5 Å². The van der Waals surface area contributed by atoms with E-state index in [1.165, 1.54) is 0 Å². The quantitative estimate of drug-likeness (QED) is 0.287. The number of hydrogen-bond donors (Lipinski definition) is 0. The van der Waals surface area contributed by atoms with Crippen LogP contribution in [0.15, 0.2) is 30.3 Å². The van der Waals surface area contributed by atoms with Crippen LogP contribution < -0.4 is 0 Å². The maximum atomic E-state index is 12.0. The maximum Gasteiger partial charge on any atom is 0.307 e. The first kappa shape index (κ1) is 18.1. The number of unbranched alkanes of at least 4 members (excludes halogenated alkanes) is 2. The van der Waals surface area contributed by atoms with Crippen molar-refractivity contribution in [3.05, 3.63) is 35.9 Å². The van der Waals surface area contributed by atoms with E-state index in [4.69, 9.17) is 4.74 Å². The summed E-state index contributed by atoms with van der Waals surface area (Å²) < 4.78 is 5.32. The standard InChI is InChI=1S/C18H24O4/c1-3-5-7-12-17(21)22-18(13-19,14-20)16(4-2)15-10-8-6-9-11-15/h6,8-11,13-14,16H,3-5,7,12H2,1-2H3. The molecule has 0 aliphatic heterocycles. The summed E-state index contributed by atoms with van der Waals surface area (Å²) in [6, 6.07) is 9.20. The summed E-state index contributed by atoms with van der Waals surface area (Å²) in [5.41, 5.74) is -0.926. The van der Waals surface area contributed by atoms with Gasteiger partial charge >= 0.3 is 5.97 Å². The van der Waals surface area contributed by atoms with Gasteiger partial charge < -0.3 is 4.74 Å². The number of benzene rings is 1. The summed E-state index contributed by atoms with van der Waals surface area (Å²) in [7, 11) is 0. The van der Waals surface area contributed by atoms with Crippen molar-refractivity contribution in [2.45, 2.75) is 57.5 Å². The molecule has 1 rings (SSSR count). The maximum absolute atomic E-state index is 12.0. The molecule has 0 N–H and O–H groups in total. The Labute approximate surface area is 131 Å². The highest BCUT2D eigenvalue weighted by Gasteiger charge is 2.42. The van der Waals surface area contributed by atoms with E-state index in [0.29, 0.717) is 25.4 Å². The molecule has 0 aliphatic rings. The molecule has 1 unspecified atom stereocenters. The molecule has 0 heterocycles. The molecular formula is C18H24O4. The lowest BCUT2D eigenvalue weighted by Crippen LogP contribution is -2.44. The zero-order valence-corrected chi connectivity index (χ0v) is 13.3. The van der Waals surface area contributed by atoms with Gasteiger partial charge in [0.1, 0.15) is 0 Å². The van der Waals surface area contributed by atoms with Crippen LogP contribution in [0.4, 0.5) is 0 Å². The van der Waals surface area contributed by atoms with Gasteiger partial charge in [0.05, 0.1) is 0 Å². The van der Waals surface area contributed by atoms with Crippen LogP contribution in [-0.2, 0) is 19.1 Å². The zero-order chi connectivity index (χ0) is 16.4. The second-order valence-electron chi connectivity index (χ2n) is 5.39. The molecule has 0 saturated heterocycles. The molecule has 22 heavy (non-hydrogen) atoms. The average molecular weight is 304 g/mol. The molecule has 0 aromatic heterocycles. The largest absolute Gasteiger partial charge is 0.443 e. The molecule has 0 spiro atoms. The highest BCUT2D eigenvalue weighted by Crippen LogP contribution is 2.32. The lowest BCUT2D eigenvalue weighted by molar-refractivity contribution is -0.167. The Balaban J connectivity index is 2.95. The van der Waals surface area contributed by atoms with Crippen molar-refractivity contribution < 1.29 is 19.1 Å². The lowest BCUT2D eigenvalue weighted by Gasteiger charge is -2.31.